The maximum absolute atomic E-state index is 12.7. The lowest BCUT2D eigenvalue weighted by Crippen LogP contribution is -2.31. The highest BCUT2D eigenvalue weighted by Crippen LogP contribution is 2.37. The first kappa shape index (κ1) is 15.3. The van der Waals surface area contributed by atoms with Crippen LogP contribution in [0.3, 0.4) is 0 Å². The van der Waals surface area contributed by atoms with Gasteiger partial charge in [-0.2, -0.15) is 0 Å². The Bertz CT molecular complexity index is 922. The number of aromatic amines is 1. The summed E-state index contributed by atoms with van der Waals surface area (Å²) in [4.78, 5) is 16.1. The molecule has 0 radical (unpaired) electrons. The number of rotatable bonds is 2. The number of H-pyrrole nitrogens is 1. The van der Waals surface area contributed by atoms with Crippen LogP contribution in [0, 0.1) is 13.8 Å². The number of amides is 1. The van der Waals surface area contributed by atoms with Crippen LogP contribution in [0.4, 0.5) is 0 Å². The molecule has 1 aromatic carbocycles. The molecule has 4 rings (SSSR count). The number of nitrogens with one attached hydrogen (secondary N) is 2. The van der Waals surface area contributed by atoms with Gasteiger partial charge in [-0.15, -0.1) is 0 Å². The van der Waals surface area contributed by atoms with E-state index in [1.807, 2.05) is 12.1 Å². The summed E-state index contributed by atoms with van der Waals surface area (Å²) in [5.74, 6) is 0.398. The second-order valence-electron chi connectivity index (χ2n) is 6.30. The van der Waals surface area contributed by atoms with Gasteiger partial charge in [-0.05, 0) is 44.7 Å². The Morgan fingerprint density at radius 1 is 1.42 bits per heavy atom. The molecule has 2 N–H and O–H groups in total. The number of carbonyl (C=O) groups is 1. The maximum atomic E-state index is 12.7. The van der Waals surface area contributed by atoms with E-state index < -0.39 is 0 Å². The molecule has 0 saturated heterocycles. The summed E-state index contributed by atoms with van der Waals surface area (Å²) in [6.45, 7) is 3.53. The highest BCUT2D eigenvalue weighted by molar-refractivity contribution is 6.35. The Hall–Kier alpha value is -2.27. The Labute approximate surface area is 144 Å². The van der Waals surface area contributed by atoms with Gasteiger partial charge in [0.15, 0.2) is 0 Å². The number of benzene rings is 1. The van der Waals surface area contributed by atoms with Crippen LogP contribution in [-0.2, 0) is 6.42 Å². The number of hydrogen-bond acceptors (Lipinski definition) is 3. The molecule has 0 unspecified atom stereocenters. The fourth-order valence-electron chi connectivity index (χ4n) is 3.63. The molecule has 3 aromatic rings. The van der Waals surface area contributed by atoms with Crippen LogP contribution in [0.5, 0.6) is 0 Å². The Morgan fingerprint density at radius 3 is 3.00 bits per heavy atom. The lowest BCUT2D eigenvalue weighted by atomic mass is 9.91. The monoisotopic (exact) mass is 343 g/mol. The number of para-hydroxylation sites is 1. The number of hydrogen-bond donors (Lipinski definition) is 2. The molecule has 24 heavy (non-hydrogen) atoms. The second kappa shape index (κ2) is 5.67. The number of fused-ring (bicyclic) bond motifs is 3. The summed E-state index contributed by atoms with van der Waals surface area (Å²) < 4.78 is 5.10. The summed E-state index contributed by atoms with van der Waals surface area (Å²) in [5, 5.41) is 8.84. The molecule has 0 saturated carbocycles. The predicted octanol–water partition coefficient (Wildman–Crippen LogP) is 4.23. The van der Waals surface area contributed by atoms with E-state index in [2.05, 4.69) is 21.5 Å². The Kier molecular flexibility index (Phi) is 3.61. The molecule has 1 amide bonds. The van der Waals surface area contributed by atoms with Gasteiger partial charge in [0.05, 0.1) is 22.3 Å². The lowest BCUT2D eigenvalue weighted by molar-refractivity contribution is 0.0930. The molecular weight excluding hydrogens is 326 g/mol. The van der Waals surface area contributed by atoms with E-state index in [-0.39, 0.29) is 11.9 Å². The third-order valence-electron chi connectivity index (χ3n) is 4.76. The van der Waals surface area contributed by atoms with Gasteiger partial charge in [0.1, 0.15) is 11.3 Å². The first-order valence-electron chi connectivity index (χ1n) is 8.09. The zero-order valence-corrected chi connectivity index (χ0v) is 14.3. The molecule has 1 aliphatic carbocycles. The molecule has 1 aliphatic rings. The van der Waals surface area contributed by atoms with Crippen molar-refractivity contribution in [2.45, 2.75) is 39.2 Å². The first-order valence-corrected chi connectivity index (χ1v) is 8.46. The number of aromatic nitrogens is 2. The second-order valence-corrected chi connectivity index (χ2v) is 6.70. The molecule has 6 heteroatoms. The van der Waals surface area contributed by atoms with Gasteiger partial charge in [-0.25, -0.2) is 0 Å². The van der Waals surface area contributed by atoms with Crippen molar-refractivity contribution in [3.8, 4) is 0 Å². The number of nitrogens with zero attached hydrogens (tertiary/aromatic N) is 1. The van der Waals surface area contributed by atoms with Gasteiger partial charge in [0.2, 0.25) is 0 Å². The van der Waals surface area contributed by atoms with Crippen LogP contribution in [0.2, 0.25) is 5.02 Å². The summed E-state index contributed by atoms with van der Waals surface area (Å²) in [6, 6.07) is 5.86. The predicted molar refractivity (Wildman–Crippen MR) is 92.4 cm³/mol. The van der Waals surface area contributed by atoms with Crippen LogP contribution in [0.1, 0.15) is 52.0 Å². The largest absolute Gasteiger partial charge is 0.361 e. The van der Waals surface area contributed by atoms with Crippen molar-refractivity contribution in [2.24, 2.45) is 0 Å². The molecule has 0 bridgehead atoms. The summed E-state index contributed by atoms with van der Waals surface area (Å²) >= 11 is 6.31. The minimum Gasteiger partial charge on any atom is -0.361 e. The molecule has 2 heterocycles. The summed E-state index contributed by atoms with van der Waals surface area (Å²) in [7, 11) is 0. The molecule has 124 valence electrons. The standard InChI is InChI=1S/C18H18ClN3O2/c1-9-15(10(2)24-22-9)18(23)20-14-8-4-6-12-11-5-3-7-13(19)16(11)21-17(12)14/h3,5,7,14,21H,4,6,8H2,1-2H3,(H,20,23)/t14-/m0/s1. The van der Waals surface area contributed by atoms with Crippen molar-refractivity contribution in [1.82, 2.24) is 15.5 Å². The summed E-state index contributed by atoms with van der Waals surface area (Å²) in [5.41, 5.74) is 4.40. The third-order valence-corrected chi connectivity index (χ3v) is 5.07. The molecule has 0 aliphatic heterocycles. The average Bonchev–Trinajstić information content (AvgIpc) is 3.10. The Morgan fingerprint density at radius 2 is 2.25 bits per heavy atom. The van der Waals surface area contributed by atoms with E-state index in [9.17, 15) is 4.79 Å². The van der Waals surface area contributed by atoms with E-state index >= 15 is 0 Å². The van der Waals surface area contributed by atoms with Gasteiger partial charge >= 0.3 is 0 Å². The topological polar surface area (TPSA) is 70.9 Å². The van der Waals surface area contributed by atoms with Crippen molar-refractivity contribution in [3.05, 3.63) is 51.5 Å². The average molecular weight is 344 g/mol. The van der Waals surface area contributed by atoms with E-state index in [4.69, 9.17) is 16.1 Å². The number of carbonyl (C=O) groups excluding carboxylic acids is 1. The normalized spacial score (nSPS) is 17.0. The maximum Gasteiger partial charge on any atom is 0.257 e. The highest BCUT2D eigenvalue weighted by Gasteiger charge is 2.28. The van der Waals surface area contributed by atoms with E-state index in [0.717, 1.165) is 35.9 Å². The molecule has 1 atom stereocenters. The van der Waals surface area contributed by atoms with Gasteiger partial charge in [0.25, 0.3) is 5.91 Å². The number of aryl methyl sites for hydroxylation is 3. The number of halogens is 1. The lowest BCUT2D eigenvalue weighted by Gasteiger charge is -2.23. The van der Waals surface area contributed by atoms with Crippen molar-refractivity contribution in [3.63, 3.8) is 0 Å². The first-order chi connectivity index (χ1) is 11.6. The van der Waals surface area contributed by atoms with Crippen LogP contribution in [0.15, 0.2) is 22.7 Å². The van der Waals surface area contributed by atoms with Crippen molar-refractivity contribution in [1.29, 1.82) is 0 Å². The molecule has 0 spiro atoms. The third kappa shape index (κ3) is 2.31. The summed E-state index contributed by atoms with van der Waals surface area (Å²) in [6.07, 6.45) is 2.92. The van der Waals surface area contributed by atoms with Crippen molar-refractivity contribution < 1.29 is 9.32 Å². The molecule has 0 fully saturated rings. The molecule has 5 nitrogen and oxygen atoms in total. The Balaban J connectivity index is 1.71. The van der Waals surface area contributed by atoms with E-state index in [1.54, 1.807) is 13.8 Å². The fraction of sp³-hybridized carbons (Fsp3) is 0.333. The SMILES string of the molecule is Cc1noc(C)c1C(=O)N[C@H]1CCCc2c1[nH]c1c(Cl)cccc21. The van der Waals surface area contributed by atoms with Crippen LogP contribution >= 0.6 is 11.6 Å². The van der Waals surface area contributed by atoms with Crippen molar-refractivity contribution in [2.75, 3.05) is 0 Å². The van der Waals surface area contributed by atoms with E-state index in [0.29, 0.717) is 22.0 Å². The molecular formula is C18H18ClN3O2. The van der Waals surface area contributed by atoms with Gasteiger partial charge in [-0.1, -0.05) is 28.9 Å². The van der Waals surface area contributed by atoms with Crippen molar-refractivity contribution >= 4 is 28.4 Å². The highest BCUT2D eigenvalue weighted by atomic mass is 35.5. The van der Waals surface area contributed by atoms with Crippen LogP contribution in [0.25, 0.3) is 10.9 Å². The zero-order valence-electron chi connectivity index (χ0n) is 13.6. The van der Waals surface area contributed by atoms with Crippen LogP contribution < -0.4 is 5.32 Å². The van der Waals surface area contributed by atoms with Gasteiger partial charge in [0, 0.05) is 11.1 Å². The van der Waals surface area contributed by atoms with Gasteiger partial charge in [-0.3, -0.25) is 4.79 Å². The smallest absolute Gasteiger partial charge is 0.257 e. The quantitative estimate of drug-likeness (QED) is 0.731. The minimum atomic E-state index is -0.145. The zero-order chi connectivity index (χ0) is 16.8. The fourth-order valence-corrected chi connectivity index (χ4v) is 3.86. The molecule has 2 aromatic heterocycles. The minimum absolute atomic E-state index is 0.0570. The van der Waals surface area contributed by atoms with Crippen LogP contribution in [-0.4, -0.2) is 16.0 Å². The van der Waals surface area contributed by atoms with E-state index in [1.165, 1.54) is 5.56 Å². The van der Waals surface area contributed by atoms with Gasteiger partial charge < -0.3 is 14.8 Å².